The van der Waals surface area contributed by atoms with Crippen LogP contribution in [-0.2, 0) is 23.9 Å². The standard InChI is InChI=1S/C42H52N6O10S/c1-8-22-17-42(22,37(52)53)47-35(50)28-15-24(19-48(28)36(51)34(41(5,6)7)46-39(54)58-23-11-9-10-12-23)57-30-16-26(43-32-25(30)13-14-29-33(32)56-21-55-29)27-20-59-38(44-27)45-31(49)18-40(2,3)4/h8,13-14,16,20,22-24,28,34H,1,9-12,15,17-19,21H2,2-7H3,(H,46,54)(H,47,50)(H,52,53)(H,44,45,49)/t22-,24-,28+,34-,42-/m1/s1. The van der Waals surface area contributed by atoms with E-state index in [1.165, 1.54) is 22.3 Å². The number of aromatic nitrogens is 2. The van der Waals surface area contributed by atoms with Crippen LogP contribution in [0.3, 0.4) is 0 Å². The number of amides is 4. The Balaban J connectivity index is 1.20. The van der Waals surface area contributed by atoms with Gasteiger partial charge in [0.15, 0.2) is 16.6 Å². The van der Waals surface area contributed by atoms with Gasteiger partial charge < -0.3 is 44.9 Å². The van der Waals surface area contributed by atoms with Crippen LogP contribution in [0.15, 0.2) is 36.2 Å². The quantitative estimate of drug-likeness (QED) is 0.154. The first kappa shape index (κ1) is 41.7. The van der Waals surface area contributed by atoms with Gasteiger partial charge in [0, 0.05) is 35.6 Å². The average Bonchev–Trinajstić information content (AvgIpc) is 3.77. The summed E-state index contributed by atoms with van der Waals surface area (Å²) < 4.78 is 23.9. The number of aliphatic carboxylic acids is 1. The van der Waals surface area contributed by atoms with Crippen molar-refractivity contribution in [2.45, 2.75) is 116 Å². The Morgan fingerprint density at radius 3 is 2.47 bits per heavy atom. The van der Waals surface area contributed by atoms with Crippen molar-refractivity contribution in [1.29, 1.82) is 0 Å². The number of nitrogens with one attached hydrogen (secondary N) is 3. The van der Waals surface area contributed by atoms with Crippen molar-refractivity contribution >= 4 is 57.2 Å². The first-order valence-corrected chi connectivity index (χ1v) is 20.8. The van der Waals surface area contributed by atoms with Gasteiger partial charge in [-0.1, -0.05) is 47.6 Å². The highest BCUT2D eigenvalue weighted by Crippen LogP contribution is 2.46. The third-order valence-corrected chi connectivity index (χ3v) is 11.9. The van der Waals surface area contributed by atoms with E-state index >= 15 is 0 Å². The van der Waals surface area contributed by atoms with Crippen molar-refractivity contribution < 1.29 is 48.0 Å². The fourth-order valence-electron chi connectivity index (χ4n) is 7.94. The number of carbonyl (C=O) groups is 5. The summed E-state index contributed by atoms with van der Waals surface area (Å²) in [5.74, 6) is -1.79. The van der Waals surface area contributed by atoms with Crippen LogP contribution in [0.1, 0.15) is 86.5 Å². The lowest BCUT2D eigenvalue weighted by Crippen LogP contribution is -2.59. The van der Waals surface area contributed by atoms with Gasteiger partial charge in [-0.05, 0) is 55.1 Å². The van der Waals surface area contributed by atoms with E-state index < -0.39 is 58.9 Å². The molecule has 4 amide bonds. The first-order chi connectivity index (χ1) is 27.8. The van der Waals surface area contributed by atoms with E-state index in [4.69, 9.17) is 23.9 Å². The van der Waals surface area contributed by atoms with Gasteiger partial charge in [-0.15, -0.1) is 17.9 Å². The second-order valence-electron chi connectivity index (χ2n) is 18.1. The molecule has 4 heterocycles. The fraction of sp³-hybridized carbons (Fsp3) is 0.548. The monoisotopic (exact) mass is 832 g/mol. The summed E-state index contributed by atoms with van der Waals surface area (Å²) in [6.07, 6.45) is 3.63. The molecule has 4 aliphatic rings. The number of anilines is 1. The molecule has 2 aromatic heterocycles. The van der Waals surface area contributed by atoms with Gasteiger partial charge in [0.2, 0.25) is 24.5 Å². The lowest BCUT2D eigenvalue weighted by atomic mass is 9.85. The zero-order valence-corrected chi connectivity index (χ0v) is 35.0. The molecular formula is C42H52N6O10S. The van der Waals surface area contributed by atoms with Crippen molar-refractivity contribution in [3.8, 4) is 28.6 Å². The molecule has 2 saturated carbocycles. The van der Waals surface area contributed by atoms with E-state index in [-0.39, 0.29) is 43.6 Å². The summed E-state index contributed by atoms with van der Waals surface area (Å²) in [5, 5.41) is 21.2. The number of hydrogen-bond donors (Lipinski definition) is 4. The molecule has 2 aliphatic carbocycles. The topological polar surface area (TPSA) is 208 Å². The second kappa shape index (κ2) is 16.0. The number of thiazole rings is 1. The number of likely N-dealkylation sites (tertiary alicyclic amines) is 1. The van der Waals surface area contributed by atoms with Crippen molar-refractivity contribution in [2.24, 2.45) is 16.7 Å². The molecule has 0 spiro atoms. The summed E-state index contributed by atoms with van der Waals surface area (Å²) >= 11 is 1.25. The maximum Gasteiger partial charge on any atom is 0.408 e. The molecule has 1 saturated heterocycles. The van der Waals surface area contributed by atoms with Crippen molar-refractivity contribution in [3.63, 3.8) is 0 Å². The lowest BCUT2D eigenvalue weighted by molar-refractivity contribution is -0.146. The number of hydrogen-bond acceptors (Lipinski definition) is 12. The molecule has 2 aliphatic heterocycles. The smallest absolute Gasteiger partial charge is 0.408 e. The van der Waals surface area contributed by atoms with Crippen LogP contribution >= 0.6 is 11.3 Å². The number of alkyl carbamates (subject to hydrolysis) is 1. The van der Waals surface area contributed by atoms with E-state index in [0.29, 0.717) is 51.1 Å². The number of carbonyl (C=O) groups excluding carboxylic acids is 4. The lowest BCUT2D eigenvalue weighted by Gasteiger charge is -2.35. The van der Waals surface area contributed by atoms with Crippen molar-refractivity contribution in [2.75, 3.05) is 18.7 Å². The van der Waals surface area contributed by atoms with Gasteiger partial charge in [-0.25, -0.2) is 19.6 Å². The summed E-state index contributed by atoms with van der Waals surface area (Å²) in [7, 11) is 0. The number of pyridine rings is 1. The number of benzene rings is 1. The molecule has 17 heteroatoms. The Labute approximate surface area is 346 Å². The zero-order valence-electron chi connectivity index (χ0n) is 34.2. The van der Waals surface area contributed by atoms with Crippen LogP contribution in [0.2, 0.25) is 0 Å². The number of rotatable bonds is 12. The van der Waals surface area contributed by atoms with Gasteiger partial charge >= 0.3 is 12.1 Å². The highest BCUT2D eigenvalue weighted by atomic mass is 32.1. The van der Waals surface area contributed by atoms with Crippen molar-refractivity contribution in [1.82, 2.24) is 25.5 Å². The SMILES string of the molecule is C=C[C@@H]1C[C@]1(NC(=O)[C@@H]1C[C@@H](Oc2cc(-c3csc(NC(=O)CC(C)(C)C)n3)nc3c4c(ccc23)OCO4)CN1C(=O)[C@@H](NC(=O)OC1CCCC1)C(C)(C)C)C(=O)O. The third-order valence-electron chi connectivity index (χ3n) is 11.1. The zero-order chi connectivity index (χ0) is 42.4. The summed E-state index contributed by atoms with van der Waals surface area (Å²) in [6.45, 7) is 15.0. The van der Waals surface area contributed by atoms with Crippen LogP contribution in [0.5, 0.6) is 17.2 Å². The highest BCUT2D eigenvalue weighted by molar-refractivity contribution is 7.14. The minimum atomic E-state index is -1.55. The van der Waals surface area contributed by atoms with Gasteiger partial charge in [0.25, 0.3) is 0 Å². The largest absolute Gasteiger partial charge is 0.488 e. The number of nitrogens with zero attached hydrogens (tertiary/aromatic N) is 3. The number of fused-ring (bicyclic) bond motifs is 3. The molecular weight excluding hydrogens is 781 g/mol. The molecule has 316 valence electrons. The van der Waals surface area contributed by atoms with E-state index in [1.54, 1.807) is 44.4 Å². The minimum absolute atomic E-state index is 0.000228. The maximum atomic E-state index is 14.7. The number of carboxylic acids is 1. The molecule has 5 atom stereocenters. The van der Waals surface area contributed by atoms with E-state index in [0.717, 1.165) is 25.7 Å². The van der Waals surface area contributed by atoms with Gasteiger partial charge in [-0.3, -0.25) is 14.4 Å². The van der Waals surface area contributed by atoms with Crippen LogP contribution in [-0.4, -0.2) is 92.9 Å². The Bertz CT molecular complexity index is 2170. The number of carboxylic acid groups (broad SMARTS) is 1. The summed E-state index contributed by atoms with van der Waals surface area (Å²) in [5.41, 5.74) is -1.26. The molecule has 1 aromatic carbocycles. The van der Waals surface area contributed by atoms with E-state index in [1.807, 2.05) is 20.8 Å². The Hall–Kier alpha value is -5.45. The molecule has 4 N–H and O–H groups in total. The van der Waals surface area contributed by atoms with E-state index in [2.05, 4.69) is 27.5 Å². The van der Waals surface area contributed by atoms with Crippen molar-refractivity contribution in [3.05, 3.63) is 36.2 Å². The summed E-state index contributed by atoms with van der Waals surface area (Å²) in [4.78, 5) is 78.0. The van der Waals surface area contributed by atoms with Gasteiger partial charge in [0.05, 0.1) is 12.2 Å². The molecule has 59 heavy (non-hydrogen) atoms. The molecule has 0 radical (unpaired) electrons. The first-order valence-electron chi connectivity index (χ1n) is 20.0. The molecule has 3 aromatic rings. The van der Waals surface area contributed by atoms with Gasteiger partial charge in [-0.2, -0.15) is 0 Å². The molecule has 7 rings (SSSR count). The summed E-state index contributed by atoms with van der Waals surface area (Å²) in [6, 6.07) is 2.98. The second-order valence-corrected chi connectivity index (χ2v) is 18.9. The van der Waals surface area contributed by atoms with Crippen LogP contribution < -0.4 is 30.2 Å². The predicted molar refractivity (Wildman–Crippen MR) is 218 cm³/mol. The van der Waals surface area contributed by atoms with Gasteiger partial charge in [0.1, 0.15) is 46.8 Å². The minimum Gasteiger partial charge on any atom is -0.488 e. The normalized spacial score (nSPS) is 23.1. The van der Waals surface area contributed by atoms with Crippen LogP contribution in [0.4, 0.5) is 9.93 Å². The molecule has 0 bridgehead atoms. The maximum absolute atomic E-state index is 14.7. The predicted octanol–water partition coefficient (Wildman–Crippen LogP) is 6.04. The highest BCUT2D eigenvalue weighted by Gasteiger charge is 2.61. The molecule has 16 nitrogen and oxygen atoms in total. The number of ether oxygens (including phenoxy) is 4. The Morgan fingerprint density at radius 1 is 1.07 bits per heavy atom. The third kappa shape index (κ3) is 8.94. The Kier molecular flexibility index (Phi) is 11.3. The molecule has 3 fully saturated rings. The van der Waals surface area contributed by atoms with Crippen LogP contribution in [0, 0.1) is 16.7 Å². The molecule has 0 unspecified atom stereocenters. The van der Waals surface area contributed by atoms with E-state index in [9.17, 15) is 29.1 Å². The Morgan fingerprint density at radius 2 is 1.81 bits per heavy atom. The average molecular weight is 833 g/mol. The fourth-order valence-corrected chi connectivity index (χ4v) is 8.66. The van der Waals surface area contributed by atoms with Crippen LogP contribution in [0.25, 0.3) is 22.3 Å².